The van der Waals surface area contributed by atoms with Gasteiger partial charge in [-0.25, -0.2) is 9.98 Å². The van der Waals surface area contributed by atoms with Gasteiger partial charge in [0.1, 0.15) is 17.2 Å². The second-order valence-corrected chi connectivity index (χ2v) is 5.77. The molecule has 0 unspecified atom stereocenters. The van der Waals surface area contributed by atoms with E-state index in [2.05, 4.69) is 21.7 Å². The number of ether oxygens (including phenoxy) is 1. The van der Waals surface area contributed by atoms with Crippen LogP contribution in [0.5, 0.6) is 11.5 Å². The number of anilines is 1. The van der Waals surface area contributed by atoms with Crippen LogP contribution in [0.2, 0.25) is 0 Å². The monoisotopic (exact) mass is 362 g/mol. The number of nitroso groups, excluding NO2 is 1. The third-order valence-electron chi connectivity index (χ3n) is 3.74. The maximum Gasteiger partial charge on any atom is 0.249 e. The maximum absolute atomic E-state index is 10.8. The van der Waals surface area contributed by atoms with Gasteiger partial charge in [-0.2, -0.15) is 0 Å². The van der Waals surface area contributed by atoms with Gasteiger partial charge in [0.25, 0.3) is 0 Å². The van der Waals surface area contributed by atoms with E-state index >= 15 is 0 Å². The van der Waals surface area contributed by atoms with Gasteiger partial charge in [-0.3, -0.25) is 0 Å². The highest BCUT2D eigenvalue weighted by atomic mass is 16.5. The van der Waals surface area contributed by atoms with Crippen LogP contribution in [0.25, 0.3) is 17.2 Å². The van der Waals surface area contributed by atoms with Gasteiger partial charge in [-0.05, 0) is 49.4 Å². The molecule has 7 heteroatoms. The van der Waals surface area contributed by atoms with Crippen molar-refractivity contribution in [1.29, 1.82) is 0 Å². The number of benzene rings is 2. The fourth-order valence-electron chi connectivity index (χ4n) is 2.38. The first-order valence-corrected chi connectivity index (χ1v) is 8.18. The molecule has 0 atom stereocenters. The number of nitrogens with two attached hydrogens (primary N) is 1. The maximum atomic E-state index is 10.8. The molecule has 27 heavy (non-hydrogen) atoms. The average molecular weight is 362 g/mol. The summed E-state index contributed by atoms with van der Waals surface area (Å²) < 4.78 is 11.4. The zero-order valence-corrected chi connectivity index (χ0v) is 15.0. The standard InChI is InChI=1S/C20H18N4O3/c1-4-22-20-18(13(3)24-25)23-19(27-20)14-7-10-17(16(21)11-14)26-15-8-5-12(2)6-9-15/h4-11H,3,21H2,1-2H3. The lowest BCUT2D eigenvalue weighted by Crippen LogP contribution is -1.93. The second-order valence-electron chi connectivity index (χ2n) is 5.77. The fraction of sp³-hybridized carbons (Fsp3) is 0.100. The molecule has 1 heterocycles. The molecular weight excluding hydrogens is 344 g/mol. The molecule has 0 bridgehead atoms. The Hall–Kier alpha value is -3.74. The molecule has 7 nitrogen and oxygen atoms in total. The Labute approximate surface area is 156 Å². The summed E-state index contributed by atoms with van der Waals surface area (Å²) in [5, 5.41) is 2.81. The molecule has 0 amide bonds. The summed E-state index contributed by atoms with van der Waals surface area (Å²) in [4.78, 5) is 19.1. The Morgan fingerprint density at radius 3 is 2.63 bits per heavy atom. The van der Waals surface area contributed by atoms with Crippen LogP contribution >= 0.6 is 0 Å². The summed E-state index contributed by atoms with van der Waals surface area (Å²) in [5.41, 5.74) is 8.42. The van der Waals surface area contributed by atoms with E-state index in [-0.39, 0.29) is 23.2 Å². The van der Waals surface area contributed by atoms with Crippen LogP contribution < -0.4 is 10.5 Å². The van der Waals surface area contributed by atoms with E-state index in [0.29, 0.717) is 22.7 Å². The van der Waals surface area contributed by atoms with Gasteiger partial charge < -0.3 is 14.9 Å². The summed E-state index contributed by atoms with van der Waals surface area (Å²) >= 11 is 0. The average Bonchev–Trinajstić information content (AvgIpc) is 3.09. The summed E-state index contributed by atoms with van der Waals surface area (Å²) in [6, 6.07) is 12.8. The lowest BCUT2D eigenvalue weighted by molar-refractivity contribution is 0.485. The highest BCUT2D eigenvalue weighted by Crippen LogP contribution is 2.35. The van der Waals surface area contributed by atoms with Gasteiger partial charge in [0.2, 0.25) is 11.8 Å². The zero-order valence-electron chi connectivity index (χ0n) is 15.0. The van der Waals surface area contributed by atoms with Gasteiger partial charge in [0, 0.05) is 11.8 Å². The molecule has 0 aliphatic carbocycles. The van der Waals surface area contributed by atoms with Crippen LogP contribution in [-0.4, -0.2) is 11.2 Å². The summed E-state index contributed by atoms with van der Waals surface area (Å²) in [6.07, 6.45) is 1.53. The van der Waals surface area contributed by atoms with Crippen molar-refractivity contribution in [2.75, 3.05) is 5.73 Å². The van der Waals surface area contributed by atoms with E-state index in [1.54, 1.807) is 25.1 Å². The van der Waals surface area contributed by atoms with Crippen LogP contribution in [0.15, 0.2) is 63.6 Å². The van der Waals surface area contributed by atoms with Gasteiger partial charge >= 0.3 is 0 Å². The summed E-state index contributed by atoms with van der Waals surface area (Å²) in [5.74, 6) is 1.62. The zero-order chi connectivity index (χ0) is 19.4. The predicted molar refractivity (Wildman–Crippen MR) is 106 cm³/mol. The minimum absolute atomic E-state index is 0.0575. The fourth-order valence-corrected chi connectivity index (χ4v) is 2.38. The van der Waals surface area contributed by atoms with Crippen molar-refractivity contribution < 1.29 is 9.15 Å². The van der Waals surface area contributed by atoms with Gasteiger partial charge in [-0.15, -0.1) is 4.91 Å². The van der Waals surface area contributed by atoms with Gasteiger partial charge in [0.15, 0.2) is 5.69 Å². The van der Waals surface area contributed by atoms with Crippen LogP contribution in [0, 0.1) is 11.8 Å². The Bertz CT molecular complexity index is 1020. The van der Waals surface area contributed by atoms with Crippen molar-refractivity contribution in [3.8, 4) is 23.0 Å². The Morgan fingerprint density at radius 1 is 1.26 bits per heavy atom. The lowest BCUT2D eigenvalue weighted by Gasteiger charge is -2.09. The molecular formula is C20H18N4O3. The molecule has 2 N–H and O–H groups in total. The summed E-state index contributed by atoms with van der Waals surface area (Å²) in [6.45, 7) is 7.28. The molecule has 3 aromatic rings. The highest BCUT2D eigenvalue weighted by Gasteiger charge is 2.18. The molecule has 0 fully saturated rings. The van der Waals surface area contributed by atoms with Crippen LogP contribution in [0.1, 0.15) is 18.2 Å². The number of nitrogen functional groups attached to an aromatic ring is 1. The normalized spacial score (nSPS) is 10.9. The van der Waals surface area contributed by atoms with Crippen molar-refractivity contribution in [3.63, 3.8) is 0 Å². The lowest BCUT2D eigenvalue weighted by atomic mass is 10.2. The van der Waals surface area contributed by atoms with Crippen LogP contribution in [0.3, 0.4) is 0 Å². The SMILES string of the molecule is C=C(N=O)c1nc(-c2ccc(Oc3ccc(C)cc3)c(N)c2)oc1N=CC. The van der Waals surface area contributed by atoms with E-state index < -0.39 is 0 Å². The minimum atomic E-state index is -0.0575. The Kier molecular flexibility index (Phi) is 5.12. The molecule has 0 aliphatic heterocycles. The highest BCUT2D eigenvalue weighted by molar-refractivity contribution is 5.73. The molecule has 0 saturated carbocycles. The number of oxazole rings is 1. The van der Waals surface area contributed by atoms with E-state index in [4.69, 9.17) is 14.9 Å². The van der Waals surface area contributed by atoms with Gasteiger partial charge in [-0.1, -0.05) is 24.3 Å². The number of hydrogen-bond donors (Lipinski definition) is 1. The second kappa shape index (κ2) is 7.65. The van der Waals surface area contributed by atoms with E-state index in [1.165, 1.54) is 6.21 Å². The van der Waals surface area contributed by atoms with Crippen molar-refractivity contribution in [2.24, 2.45) is 10.2 Å². The molecule has 0 saturated heterocycles. The smallest absolute Gasteiger partial charge is 0.249 e. The number of rotatable bonds is 6. The topological polar surface area (TPSA) is 103 Å². The number of aryl methyl sites for hydroxylation is 1. The first-order valence-electron chi connectivity index (χ1n) is 8.18. The van der Waals surface area contributed by atoms with Crippen molar-refractivity contribution >= 4 is 23.5 Å². The largest absolute Gasteiger partial charge is 0.455 e. The van der Waals surface area contributed by atoms with Crippen LogP contribution in [-0.2, 0) is 0 Å². The third kappa shape index (κ3) is 3.92. The number of aromatic nitrogens is 1. The van der Waals surface area contributed by atoms with E-state index in [1.807, 2.05) is 31.2 Å². The number of hydrogen-bond acceptors (Lipinski definition) is 7. The minimum Gasteiger partial charge on any atom is -0.455 e. The van der Waals surface area contributed by atoms with E-state index in [9.17, 15) is 4.91 Å². The summed E-state index contributed by atoms with van der Waals surface area (Å²) in [7, 11) is 0. The Balaban J connectivity index is 1.92. The number of nitrogens with zero attached hydrogens (tertiary/aromatic N) is 3. The van der Waals surface area contributed by atoms with Crippen LogP contribution in [0.4, 0.5) is 11.6 Å². The molecule has 0 spiro atoms. The van der Waals surface area contributed by atoms with Crippen molar-refractivity contribution in [1.82, 2.24) is 4.98 Å². The van der Waals surface area contributed by atoms with Gasteiger partial charge in [0.05, 0.1) is 5.69 Å². The first-order chi connectivity index (χ1) is 13.0. The molecule has 1 aromatic heterocycles. The molecule has 136 valence electrons. The quantitative estimate of drug-likeness (QED) is 0.355. The number of aliphatic imine (C=N–C) groups is 1. The van der Waals surface area contributed by atoms with Crippen molar-refractivity contribution in [3.05, 3.63) is 65.2 Å². The van der Waals surface area contributed by atoms with E-state index in [0.717, 1.165) is 5.56 Å². The predicted octanol–water partition coefficient (Wildman–Crippen LogP) is 5.48. The molecule has 3 rings (SSSR count). The Morgan fingerprint density at radius 2 is 2.00 bits per heavy atom. The molecule has 0 aliphatic rings. The van der Waals surface area contributed by atoms with Crippen molar-refractivity contribution in [2.45, 2.75) is 13.8 Å². The molecule has 2 aromatic carbocycles. The third-order valence-corrected chi connectivity index (χ3v) is 3.74. The molecule has 0 radical (unpaired) electrons. The first kappa shape index (κ1) is 18.1.